The number of nitrogens with zero attached hydrogens (tertiary/aromatic N) is 7. The summed E-state index contributed by atoms with van der Waals surface area (Å²) in [5.74, 6) is -3.03. The summed E-state index contributed by atoms with van der Waals surface area (Å²) in [6.45, 7) is 4.75. The van der Waals surface area contributed by atoms with Crippen LogP contribution in [0.5, 0.6) is 0 Å². The number of β-lactam (4-membered cyclic amide) rings is 1. The fourth-order valence-corrected chi connectivity index (χ4v) is 8.16. The van der Waals surface area contributed by atoms with Crippen molar-refractivity contribution in [3.63, 3.8) is 0 Å². The number of aliphatic hydroxyl groups is 1. The molecule has 228 valence electrons. The number of fused-ring (bicyclic) bond motifs is 1. The fraction of sp³-hybridized carbons (Fsp3) is 0.680. The molecular formula is C25H36N10O6S. The number of aliphatic imine (C=N–C) groups is 1. The van der Waals surface area contributed by atoms with E-state index in [1.165, 1.54) is 27.7 Å². The maximum Gasteiger partial charge on any atom is 0.353 e. The van der Waals surface area contributed by atoms with E-state index in [9.17, 15) is 29.4 Å². The number of Topliss-reactive ketones (excluding diaryl/α,β-unsaturated/α-hetero) is 1. The van der Waals surface area contributed by atoms with Crippen molar-refractivity contribution >= 4 is 41.3 Å². The molecular weight excluding hydrogens is 568 g/mol. The molecule has 0 aromatic carbocycles. The lowest BCUT2D eigenvalue weighted by molar-refractivity contribution is -0.160. The summed E-state index contributed by atoms with van der Waals surface area (Å²) in [4.78, 5) is 59.2. The number of aromatic nitrogens is 4. The van der Waals surface area contributed by atoms with Gasteiger partial charge in [0.1, 0.15) is 18.6 Å². The van der Waals surface area contributed by atoms with Gasteiger partial charge in [-0.15, -0.1) is 16.9 Å². The van der Waals surface area contributed by atoms with Gasteiger partial charge in [0.05, 0.1) is 24.0 Å². The molecule has 0 spiro atoms. The predicted octanol–water partition coefficient (Wildman–Crippen LogP) is -2.40. The second-order valence-electron chi connectivity index (χ2n) is 11.5. The number of carboxylic acids is 1. The maximum atomic E-state index is 13.3. The number of guanidine groups is 1. The van der Waals surface area contributed by atoms with E-state index in [2.05, 4.69) is 25.8 Å². The lowest BCUT2D eigenvalue weighted by atomic mass is 9.73. The van der Waals surface area contributed by atoms with E-state index in [1.54, 1.807) is 4.90 Å². The van der Waals surface area contributed by atoms with Crippen LogP contribution >= 0.6 is 11.8 Å². The Morgan fingerprint density at radius 1 is 1.29 bits per heavy atom. The largest absolute Gasteiger partial charge is 0.477 e. The monoisotopic (exact) mass is 604 g/mol. The Morgan fingerprint density at radius 3 is 2.69 bits per heavy atom. The number of tetrazole rings is 1. The first-order valence-electron chi connectivity index (χ1n) is 13.9. The smallest absolute Gasteiger partial charge is 0.353 e. The highest BCUT2D eigenvalue weighted by molar-refractivity contribution is 8.03. The summed E-state index contributed by atoms with van der Waals surface area (Å²) in [7, 11) is 0. The van der Waals surface area contributed by atoms with Crippen LogP contribution in [-0.2, 0) is 25.7 Å². The van der Waals surface area contributed by atoms with Gasteiger partial charge in [-0.25, -0.2) is 14.5 Å². The zero-order valence-electron chi connectivity index (χ0n) is 23.4. The van der Waals surface area contributed by atoms with Gasteiger partial charge in [0.2, 0.25) is 11.8 Å². The van der Waals surface area contributed by atoms with Crippen LogP contribution in [0.3, 0.4) is 0 Å². The predicted molar refractivity (Wildman–Crippen MR) is 149 cm³/mol. The number of aliphatic hydroxyl groups excluding tert-OH is 1. The van der Waals surface area contributed by atoms with E-state index in [0.29, 0.717) is 31.0 Å². The van der Waals surface area contributed by atoms with Gasteiger partial charge in [0.25, 0.3) is 0 Å². The molecule has 8 atom stereocenters. The number of nitrogens with one attached hydrogen (secondary N) is 1. The highest BCUT2D eigenvalue weighted by Crippen LogP contribution is 2.53. The van der Waals surface area contributed by atoms with E-state index in [-0.39, 0.29) is 83.9 Å². The minimum Gasteiger partial charge on any atom is -0.477 e. The zero-order valence-corrected chi connectivity index (χ0v) is 24.2. The Kier molecular flexibility index (Phi) is 8.52. The Hall–Kier alpha value is -3.57. The molecule has 4 aliphatic rings. The molecule has 0 bridgehead atoms. The third kappa shape index (κ3) is 5.59. The van der Waals surface area contributed by atoms with Crippen LogP contribution in [0, 0.1) is 23.7 Å². The molecule has 4 aliphatic heterocycles. The van der Waals surface area contributed by atoms with Crippen LogP contribution in [0.15, 0.2) is 21.9 Å². The number of carbonyl (C=O) groups is 4. The van der Waals surface area contributed by atoms with Crippen LogP contribution in [0.25, 0.3) is 0 Å². The van der Waals surface area contributed by atoms with E-state index in [4.69, 9.17) is 11.5 Å². The number of amides is 2. The second kappa shape index (κ2) is 12.0. The van der Waals surface area contributed by atoms with E-state index in [0.717, 1.165) is 0 Å². The van der Waals surface area contributed by atoms with Gasteiger partial charge in [0, 0.05) is 54.7 Å². The van der Waals surface area contributed by atoms with Crippen molar-refractivity contribution in [1.82, 2.24) is 35.3 Å². The van der Waals surface area contributed by atoms with Crippen molar-refractivity contribution in [3.05, 3.63) is 16.9 Å². The third-order valence-corrected chi connectivity index (χ3v) is 10.1. The topological polar surface area (TPSA) is 235 Å². The first-order chi connectivity index (χ1) is 20.0. The first-order valence-corrected chi connectivity index (χ1v) is 14.8. The van der Waals surface area contributed by atoms with Crippen molar-refractivity contribution < 1.29 is 29.4 Å². The Balaban J connectivity index is 1.22. The van der Waals surface area contributed by atoms with Crippen molar-refractivity contribution in [2.45, 2.75) is 56.6 Å². The summed E-state index contributed by atoms with van der Waals surface area (Å²) in [5, 5.41) is 33.7. The Bertz CT molecular complexity index is 1300. The number of carboxylic acid groups (broad SMARTS) is 1. The van der Waals surface area contributed by atoms with Crippen LogP contribution in [0.2, 0.25) is 0 Å². The molecule has 5 heterocycles. The van der Waals surface area contributed by atoms with Crippen molar-refractivity contribution in [2.24, 2.45) is 40.1 Å². The summed E-state index contributed by atoms with van der Waals surface area (Å²) >= 11 is 1.40. The van der Waals surface area contributed by atoms with Gasteiger partial charge in [-0.05, 0) is 22.8 Å². The summed E-state index contributed by atoms with van der Waals surface area (Å²) in [6.07, 6.45) is 1.97. The van der Waals surface area contributed by atoms with E-state index >= 15 is 0 Å². The molecule has 0 radical (unpaired) electrons. The quantitative estimate of drug-likeness (QED) is 0.101. The van der Waals surface area contributed by atoms with Crippen molar-refractivity contribution in [1.29, 1.82) is 0 Å². The number of ketones is 1. The highest BCUT2D eigenvalue weighted by atomic mass is 32.2. The van der Waals surface area contributed by atoms with Crippen LogP contribution in [-0.4, -0.2) is 119 Å². The van der Waals surface area contributed by atoms with Gasteiger partial charge < -0.3 is 36.8 Å². The Morgan fingerprint density at radius 2 is 2.05 bits per heavy atom. The first kappa shape index (κ1) is 29.9. The number of carbonyl (C=O) groups excluding carboxylic acids is 3. The molecule has 17 heteroatoms. The number of aliphatic carboxylic acids is 1. The number of rotatable bonds is 11. The molecule has 5 rings (SSSR count). The summed E-state index contributed by atoms with van der Waals surface area (Å²) in [6, 6.07) is -1.19. The molecule has 1 aromatic heterocycles. The average molecular weight is 605 g/mol. The maximum absolute atomic E-state index is 13.3. The normalized spacial score (nSPS) is 31.2. The number of nitrogens with two attached hydrogens (primary N) is 2. The van der Waals surface area contributed by atoms with Crippen LogP contribution < -0.4 is 16.8 Å². The average Bonchev–Trinajstić information content (AvgIpc) is 3.71. The number of likely N-dealkylation sites (tertiary alicyclic amines) is 1. The van der Waals surface area contributed by atoms with Gasteiger partial charge in [-0.3, -0.25) is 14.4 Å². The molecule has 3 saturated heterocycles. The van der Waals surface area contributed by atoms with Crippen molar-refractivity contribution in [3.8, 4) is 0 Å². The van der Waals surface area contributed by atoms with E-state index in [1.807, 2.05) is 13.8 Å². The molecule has 0 aliphatic carbocycles. The molecule has 2 amide bonds. The minimum absolute atomic E-state index is 0.00348. The van der Waals surface area contributed by atoms with Crippen LogP contribution in [0.1, 0.15) is 26.7 Å². The molecule has 0 saturated carbocycles. The molecule has 5 unspecified atom stereocenters. The molecule has 3 fully saturated rings. The standard InChI is InChI=1S/C25H36N10O6S/c1-11(3-14(37)7-34-10-29-31-32-34)18-19-12(2)21(20(24(40)41)35(19)23(18)39)42-15-4-16(28-5-15)22(38)33-6-13(9-36)17(8-33)30-25(26)27/h10-13,15-19,28,36H,3-9H2,1-2H3,(H,40,41)(H4,26,27,30)/t11?,12?,13-,15?,16?,17?,18-,19-/m1/s1. The van der Waals surface area contributed by atoms with Gasteiger partial charge in [0.15, 0.2) is 11.7 Å². The summed E-state index contributed by atoms with van der Waals surface area (Å²) in [5.41, 5.74) is 11.0. The summed E-state index contributed by atoms with van der Waals surface area (Å²) < 4.78 is 1.33. The number of thioether (sulfide) groups is 1. The van der Waals surface area contributed by atoms with Gasteiger partial charge >= 0.3 is 5.97 Å². The van der Waals surface area contributed by atoms with Crippen LogP contribution in [0.4, 0.5) is 0 Å². The third-order valence-electron chi connectivity index (χ3n) is 8.63. The SMILES string of the molecule is CC(CC(=O)Cn1cnnn1)[C@H]1C(=O)N2C(C(=O)O)=C(SC3CNC(C(=O)N4CC(N=C(N)N)[C@@H](CO)C4)C3)C(C)[C@H]12. The Labute approximate surface area is 245 Å². The molecule has 42 heavy (non-hydrogen) atoms. The van der Waals surface area contributed by atoms with E-state index < -0.39 is 17.9 Å². The zero-order chi connectivity index (χ0) is 30.3. The second-order valence-corrected chi connectivity index (χ2v) is 12.8. The lowest BCUT2D eigenvalue weighted by Gasteiger charge is -2.47. The number of hydrogen-bond acceptors (Lipinski definition) is 11. The minimum atomic E-state index is -1.17. The molecule has 16 nitrogen and oxygen atoms in total. The van der Waals surface area contributed by atoms with Crippen molar-refractivity contribution in [2.75, 3.05) is 26.2 Å². The van der Waals surface area contributed by atoms with Gasteiger partial charge in [-0.1, -0.05) is 13.8 Å². The lowest BCUT2D eigenvalue weighted by Crippen LogP contribution is -2.62. The van der Waals surface area contributed by atoms with Gasteiger partial charge in [-0.2, -0.15) is 0 Å². The highest BCUT2D eigenvalue weighted by Gasteiger charge is 2.60. The molecule has 1 aromatic rings. The fourth-order valence-electron chi connectivity index (χ4n) is 6.68. The number of hydrogen-bond donors (Lipinski definition) is 5. The molecule has 7 N–H and O–H groups in total.